The van der Waals surface area contributed by atoms with Gasteiger partial charge in [0.1, 0.15) is 11.3 Å². The van der Waals surface area contributed by atoms with Gasteiger partial charge in [0.15, 0.2) is 0 Å². The van der Waals surface area contributed by atoms with Crippen LogP contribution in [0.4, 0.5) is 18.9 Å². The van der Waals surface area contributed by atoms with Crippen molar-refractivity contribution in [2.75, 3.05) is 19.7 Å². The SMILES string of the molecule is O=[N+]([O-])c1ccc(OCCC2CCNC2)cc1C(F)(F)F. The molecule has 1 heterocycles. The van der Waals surface area contributed by atoms with Crippen molar-refractivity contribution >= 4 is 5.69 Å². The topological polar surface area (TPSA) is 64.4 Å². The molecule has 0 radical (unpaired) electrons. The fourth-order valence-electron chi connectivity index (χ4n) is 2.30. The molecule has 0 saturated carbocycles. The highest BCUT2D eigenvalue weighted by Crippen LogP contribution is 2.38. The Balaban J connectivity index is 2.04. The van der Waals surface area contributed by atoms with Gasteiger partial charge in [-0.15, -0.1) is 0 Å². The van der Waals surface area contributed by atoms with E-state index in [9.17, 15) is 23.3 Å². The van der Waals surface area contributed by atoms with Crippen molar-refractivity contribution in [1.29, 1.82) is 0 Å². The highest BCUT2D eigenvalue weighted by atomic mass is 19.4. The summed E-state index contributed by atoms with van der Waals surface area (Å²) in [7, 11) is 0. The third-order valence-electron chi connectivity index (χ3n) is 3.43. The molecule has 0 amide bonds. The molecule has 0 bridgehead atoms. The number of alkyl halides is 3. The molecule has 0 aliphatic carbocycles. The smallest absolute Gasteiger partial charge is 0.423 e. The average Bonchev–Trinajstić information content (AvgIpc) is 2.90. The second-order valence-electron chi connectivity index (χ2n) is 4.93. The Labute approximate surface area is 119 Å². The lowest BCUT2D eigenvalue weighted by atomic mass is 10.1. The number of nitro benzene ring substituents is 1. The number of hydrogen-bond donors (Lipinski definition) is 1. The average molecular weight is 304 g/mol. The number of halogens is 3. The summed E-state index contributed by atoms with van der Waals surface area (Å²) >= 11 is 0. The summed E-state index contributed by atoms with van der Waals surface area (Å²) < 4.78 is 43.7. The van der Waals surface area contributed by atoms with Crippen LogP contribution in [0.25, 0.3) is 0 Å². The number of rotatable bonds is 5. The van der Waals surface area contributed by atoms with Crippen molar-refractivity contribution in [1.82, 2.24) is 5.32 Å². The Hall–Kier alpha value is -1.83. The molecule has 116 valence electrons. The van der Waals surface area contributed by atoms with Crippen molar-refractivity contribution in [3.63, 3.8) is 0 Å². The summed E-state index contributed by atoms with van der Waals surface area (Å²) in [5, 5.41) is 13.8. The number of nitro groups is 1. The van der Waals surface area contributed by atoms with Crippen LogP contribution < -0.4 is 10.1 Å². The largest absolute Gasteiger partial charge is 0.494 e. The fourth-order valence-corrected chi connectivity index (χ4v) is 2.30. The van der Waals surface area contributed by atoms with E-state index < -0.39 is 22.4 Å². The van der Waals surface area contributed by atoms with Gasteiger partial charge in [0.05, 0.1) is 11.5 Å². The predicted molar refractivity (Wildman–Crippen MR) is 69.2 cm³/mol. The molecular formula is C13H15F3N2O3. The minimum absolute atomic E-state index is 0.00104. The zero-order valence-corrected chi connectivity index (χ0v) is 11.2. The van der Waals surface area contributed by atoms with Gasteiger partial charge in [0.2, 0.25) is 0 Å². The van der Waals surface area contributed by atoms with Crippen molar-refractivity contribution in [2.24, 2.45) is 5.92 Å². The number of ether oxygens (including phenoxy) is 1. The first-order valence-corrected chi connectivity index (χ1v) is 6.57. The lowest BCUT2D eigenvalue weighted by molar-refractivity contribution is -0.388. The molecular weight excluding hydrogens is 289 g/mol. The zero-order chi connectivity index (χ0) is 15.5. The maximum atomic E-state index is 12.8. The van der Waals surface area contributed by atoms with Gasteiger partial charge in [-0.25, -0.2) is 0 Å². The van der Waals surface area contributed by atoms with E-state index in [1.165, 1.54) is 6.07 Å². The van der Waals surface area contributed by atoms with E-state index in [-0.39, 0.29) is 5.75 Å². The zero-order valence-electron chi connectivity index (χ0n) is 11.2. The summed E-state index contributed by atoms with van der Waals surface area (Å²) in [6.45, 7) is 2.12. The maximum Gasteiger partial charge on any atom is 0.423 e. The summed E-state index contributed by atoms with van der Waals surface area (Å²) in [6.07, 6.45) is -3.01. The van der Waals surface area contributed by atoms with Gasteiger partial charge in [-0.05, 0) is 44.0 Å². The van der Waals surface area contributed by atoms with Crippen molar-refractivity contribution in [3.8, 4) is 5.75 Å². The number of benzene rings is 1. The molecule has 8 heteroatoms. The molecule has 1 fully saturated rings. The second kappa shape index (κ2) is 6.30. The van der Waals surface area contributed by atoms with Crippen LogP contribution in [0.15, 0.2) is 18.2 Å². The van der Waals surface area contributed by atoms with E-state index in [1.807, 2.05) is 0 Å². The van der Waals surface area contributed by atoms with Crippen LogP contribution in [0.1, 0.15) is 18.4 Å². The molecule has 1 aromatic carbocycles. The number of hydrogen-bond acceptors (Lipinski definition) is 4. The predicted octanol–water partition coefficient (Wildman–Crippen LogP) is 2.99. The molecule has 0 aromatic heterocycles. The van der Waals surface area contributed by atoms with E-state index in [4.69, 9.17) is 4.74 Å². The summed E-state index contributed by atoms with van der Waals surface area (Å²) in [6, 6.07) is 2.71. The molecule has 21 heavy (non-hydrogen) atoms. The van der Waals surface area contributed by atoms with Gasteiger partial charge in [-0.1, -0.05) is 0 Å². The molecule has 2 rings (SSSR count). The van der Waals surface area contributed by atoms with Crippen LogP contribution >= 0.6 is 0 Å². The molecule has 1 unspecified atom stereocenters. The Kier molecular flexibility index (Phi) is 4.66. The minimum atomic E-state index is -4.78. The van der Waals surface area contributed by atoms with Crippen molar-refractivity contribution < 1.29 is 22.8 Å². The first-order chi connectivity index (χ1) is 9.88. The molecule has 1 saturated heterocycles. The van der Waals surface area contributed by atoms with E-state index in [0.29, 0.717) is 18.6 Å². The third-order valence-corrected chi connectivity index (χ3v) is 3.43. The number of nitrogens with one attached hydrogen (secondary N) is 1. The van der Waals surface area contributed by atoms with Crippen molar-refractivity contribution in [3.05, 3.63) is 33.9 Å². The Bertz CT molecular complexity index is 514. The van der Waals surface area contributed by atoms with Crippen LogP contribution in [0.2, 0.25) is 0 Å². The van der Waals surface area contributed by atoms with Crippen LogP contribution in [-0.2, 0) is 6.18 Å². The molecule has 0 spiro atoms. The third kappa shape index (κ3) is 4.07. The Morgan fingerprint density at radius 2 is 2.19 bits per heavy atom. The standard InChI is InChI=1S/C13H15F3N2O3/c14-13(15,16)11-7-10(1-2-12(11)18(19)20)21-6-4-9-3-5-17-8-9/h1-2,7,9,17H,3-6,8H2. The van der Waals surface area contributed by atoms with E-state index >= 15 is 0 Å². The normalized spacial score (nSPS) is 18.7. The highest BCUT2D eigenvalue weighted by Gasteiger charge is 2.38. The van der Waals surface area contributed by atoms with Gasteiger partial charge >= 0.3 is 6.18 Å². The molecule has 1 N–H and O–H groups in total. The van der Waals surface area contributed by atoms with Crippen molar-refractivity contribution in [2.45, 2.75) is 19.0 Å². The highest BCUT2D eigenvalue weighted by molar-refractivity contribution is 5.46. The molecule has 5 nitrogen and oxygen atoms in total. The van der Waals surface area contributed by atoms with E-state index in [0.717, 1.165) is 32.0 Å². The molecule has 1 atom stereocenters. The molecule has 1 aliphatic rings. The molecule has 1 aliphatic heterocycles. The van der Waals surface area contributed by atoms with Crippen LogP contribution in [0, 0.1) is 16.0 Å². The minimum Gasteiger partial charge on any atom is -0.494 e. The van der Waals surface area contributed by atoms with E-state index in [2.05, 4.69) is 5.32 Å². The van der Waals surface area contributed by atoms with Gasteiger partial charge in [-0.3, -0.25) is 10.1 Å². The Morgan fingerprint density at radius 3 is 2.76 bits per heavy atom. The first kappa shape index (κ1) is 15.6. The van der Waals surface area contributed by atoms with Gasteiger partial charge < -0.3 is 10.1 Å². The van der Waals surface area contributed by atoms with Crippen LogP contribution in [0.3, 0.4) is 0 Å². The fraction of sp³-hybridized carbons (Fsp3) is 0.538. The lowest BCUT2D eigenvalue weighted by Crippen LogP contribution is -2.12. The molecule has 1 aromatic rings. The summed E-state index contributed by atoms with van der Waals surface area (Å²) in [5.41, 5.74) is -2.25. The quantitative estimate of drug-likeness (QED) is 0.671. The monoisotopic (exact) mass is 304 g/mol. The van der Waals surface area contributed by atoms with E-state index in [1.54, 1.807) is 0 Å². The van der Waals surface area contributed by atoms with Gasteiger partial charge in [-0.2, -0.15) is 13.2 Å². The Morgan fingerprint density at radius 1 is 1.43 bits per heavy atom. The van der Waals surface area contributed by atoms with Crippen LogP contribution in [-0.4, -0.2) is 24.6 Å². The summed E-state index contributed by atoms with van der Waals surface area (Å²) in [4.78, 5) is 9.58. The van der Waals surface area contributed by atoms with Gasteiger partial charge in [0.25, 0.3) is 5.69 Å². The van der Waals surface area contributed by atoms with Crippen LogP contribution in [0.5, 0.6) is 5.75 Å². The second-order valence-corrected chi connectivity index (χ2v) is 4.93. The maximum absolute atomic E-state index is 12.8. The summed E-state index contributed by atoms with van der Waals surface area (Å²) in [5.74, 6) is 0.462. The number of nitrogens with zero attached hydrogens (tertiary/aromatic N) is 1. The lowest BCUT2D eigenvalue weighted by Gasteiger charge is -2.12. The van der Waals surface area contributed by atoms with Gasteiger partial charge in [0, 0.05) is 6.07 Å². The first-order valence-electron chi connectivity index (χ1n) is 6.57.